The second-order valence-electron chi connectivity index (χ2n) is 5.12. The van der Waals surface area contributed by atoms with Crippen LogP contribution in [0.3, 0.4) is 0 Å². The Labute approximate surface area is 140 Å². The van der Waals surface area contributed by atoms with E-state index in [1.54, 1.807) is 42.5 Å². The number of amides is 1. The monoisotopic (exact) mass is 319 g/mol. The lowest BCUT2D eigenvalue weighted by molar-refractivity contribution is 0.0955. The smallest absolute Gasteiger partial charge is 0.251 e. The first-order valence-corrected chi connectivity index (χ1v) is 7.42. The van der Waals surface area contributed by atoms with Crippen molar-refractivity contribution in [3.8, 4) is 12.1 Å². The van der Waals surface area contributed by atoms with Gasteiger partial charge in [0.1, 0.15) is 0 Å². The summed E-state index contributed by atoms with van der Waals surface area (Å²) in [6.07, 6.45) is 0. The number of carbonyl (C=O) groups excluding carboxylic acids is 1. The first-order chi connectivity index (χ1) is 11.7. The third kappa shape index (κ3) is 4.57. The number of rotatable bonds is 6. The minimum Gasteiger partial charge on any atom is -0.381 e. The van der Waals surface area contributed by atoms with Crippen molar-refractivity contribution in [2.24, 2.45) is 5.73 Å². The van der Waals surface area contributed by atoms with Crippen molar-refractivity contribution in [3.05, 3.63) is 64.7 Å². The van der Waals surface area contributed by atoms with Crippen molar-refractivity contribution >= 4 is 11.6 Å². The zero-order valence-electron chi connectivity index (χ0n) is 13.0. The van der Waals surface area contributed by atoms with Crippen LogP contribution in [0, 0.1) is 22.7 Å². The van der Waals surface area contributed by atoms with Crippen LogP contribution >= 0.6 is 0 Å². The van der Waals surface area contributed by atoms with E-state index in [2.05, 4.69) is 10.6 Å². The van der Waals surface area contributed by atoms with Crippen LogP contribution in [0.1, 0.15) is 27.0 Å². The quantitative estimate of drug-likeness (QED) is 0.750. The molecule has 0 bridgehead atoms. The molecule has 1 amide bonds. The fraction of sp³-hybridized carbons (Fsp3) is 0.167. The second-order valence-corrected chi connectivity index (χ2v) is 5.12. The molecule has 0 aromatic heterocycles. The molecule has 0 fully saturated rings. The molecule has 24 heavy (non-hydrogen) atoms. The third-order valence-electron chi connectivity index (χ3n) is 3.32. The largest absolute Gasteiger partial charge is 0.381 e. The zero-order valence-corrected chi connectivity index (χ0v) is 13.0. The lowest BCUT2D eigenvalue weighted by Crippen LogP contribution is -2.28. The van der Waals surface area contributed by atoms with Gasteiger partial charge in [-0.2, -0.15) is 10.5 Å². The molecule has 2 aromatic carbocycles. The molecule has 0 aliphatic carbocycles. The Hall–Kier alpha value is -3.35. The van der Waals surface area contributed by atoms with E-state index in [0.717, 1.165) is 11.3 Å². The standard InChI is InChI=1S/C18H17N5O/c19-5-6-22-18(24)16-1-3-17(4-2-16)23-12-15-8-13(10-20)7-14(9-15)11-21/h1-4,7-9,23H,5-6,12,19H2,(H,22,24). The number of anilines is 1. The van der Waals surface area contributed by atoms with Crippen molar-refractivity contribution in [2.75, 3.05) is 18.4 Å². The summed E-state index contributed by atoms with van der Waals surface area (Å²) < 4.78 is 0. The number of nitrogens with one attached hydrogen (secondary N) is 2. The van der Waals surface area contributed by atoms with Gasteiger partial charge >= 0.3 is 0 Å². The van der Waals surface area contributed by atoms with Crippen molar-refractivity contribution in [1.82, 2.24) is 5.32 Å². The summed E-state index contributed by atoms with van der Waals surface area (Å²) >= 11 is 0. The van der Waals surface area contributed by atoms with Crippen molar-refractivity contribution < 1.29 is 4.79 Å². The minimum absolute atomic E-state index is 0.160. The van der Waals surface area contributed by atoms with E-state index >= 15 is 0 Å². The van der Waals surface area contributed by atoms with Gasteiger partial charge in [-0.3, -0.25) is 4.79 Å². The van der Waals surface area contributed by atoms with Gasteiger partial charge in [-0.25, -0.2) is 0 Å². The number of nitrogens with zero attached hydrogens (tertiary/aromatic N) is 2. The Balaban J connectivity index is 2.01. The summed E-state index contributed by atoms with van der Waals surface area (Å²) in [5.41, 5.74) is 8.51. The average molecular weight is 319 g/mol. The van der Waals surface area contributed by atoms with Crippen LogP contribution in [0.5, 0.6) is 0 Å². The van der Waals surface area contributed by atoms with Crippen LogP contribution in [0.2, 0.25) is 0 Å². The van der Waals surface area contributed by atoms with E-state index in [4.69, 9.17) is 16.3 Å². The van der Waals surface area contributed by atoms with Gasteiger partial charge in [-0.1, -0.05) is 0 Å². The van der Waals surface area contributed by atoms with Crippen LogP contribution in [0.4, 0.5) is 5.69 Å². The number of benzene rings is 2. The van der Waals surface area contributed by atoms with E-state index in [1.165, 1.54) is 0 Å². The molecule has 6 nitrogen and oxygen atoms in total. The second kappa shape index (κ2) is 8.33. The summed E-state index contributed by atoms with van der Waals surface area (Å²) in [6.45, 7) is 1.32. The molecule has 0 heterocycles. The van der Waals surface area contributed by atoms with E-state index in [0.29, 0.717) is 36.3 Å². The molecular weight excluding hydrogens is 302 g/mol. The molecule has 0 saturated heterocycles. The summed E-state index contributed by atoms with van der Waals surface area (Å²) in [5, 5.41) is 23.9. The fourth-order valence-corrected chi connectivity index (χ4v) is 2.15. The molecule has 0 atom stereocenters. The Bertz CT molecular complexity index is 767. The third-order valence-corrected chi connectivity index (χ3v) is 3.32. The topological polar surface area (TPSA) is 115 Å². The van der Waals surface area contributed by atoms with Gasteiger partial charge in [-0.05, 0) is 48.0 Å². The first kappa shape index (κ1) is 17.0. The number of hydrogen-bond acceptors (Lipinski definition) is 5. The van der Waals surface area contributed by atoms with Gasteiger partial charge in [-0.15, -0.1) is 0 Å². The van der Waals surface area contributed by atoms with Gasteiger partial charge in [0.15, 0.2) is 0 Å². The molecular formula is C18H17N5O. The molecule has 0 aliphatic rings. The van der Waals surface area contributed by atoms with Crippen LogP contribution in [-0.4, -0.2) is 19.0 Å². The Morgan fingerprint density at radius 3 is 2.21 bits per heavy atom. The maximum Gasteiger partial charge on any atom is 0.251 e. The molecule has 6 heteroatoms. The number of nitriles is 2. The molecule has 2 aromatic rings. The maximum atomic E-state index is 11.8. The van der Waals surface area contributed by atoms with Crippen LogP contribution < -0.4 is 16.4 Å². The Morgan fingerprint density at radius 1 is 1.04 bits per heavy atom. The zero-order chi connectivity index (χ0) is 17.4. The highest BCUT2D eigenvalue weighted by Gasteiger charge is 2.05. The SMILES string of the molecule is N#Cc1cc(C#N)cc(CNc2ccc(C(=O)NCCN)cc2)c1. The van der Waals surface area contributed by atoms with Crippen LogP contribution in [0.25, 0.3) is 0 Å². The van der Waals surface area contributed by atoms with Gasteiger partial charge < -0.3 is 16.4 Å². The lowest BCUT2D eigenvalue weighted by atomic mass is 10.1. The number of nitrogens with two attached hydrogens (primary N) is 1. The summed E-state index contributed by atoms with van der Waals surface area (Å²) in [4.78, 5) is 11.8. The minimum atomic E-state index is -0.160. The fourth-order valence-electron chi connectivity index (χ4n) is 2.15. The average Bonchev–Trinajstić information content (AvgIpc) is 2.64. The Kier molecular flexibility index (Phi) is 5.90. The molecule has 4 N–H and O–H groups in total. The first-order valence-electron chi connectivity index (χ1n) is 7.42. The molecule has 0 aliphatic heterocycles. The van der Waals surface area contributed by atoms with Crippen molar-refractivity contribution in [3.63, 3.8) is 0 Å². The Morgan fingerprint density at radius 2 is 1.67 bits per heavy atom. The van der Waals surface area contributed by atoms with Gasteiger partial charge in [0.05, 0.1) is 23.3 Å². The molecule has 0 spiro atoms. The number of carbonyl (C=O) groups is 1. The van der Waals surface area contributed by atoms with E-state index in [-0.39, 0.29) is 5.91 Å². The maximum absolute atomic E-state index is 11.8. The van der Waals surface area contributed by atoms with E-state index in [9.17, 15) is 4.79 Å². The highest BCUT2D eigenvalue weighted by atomic mass is 16.1. The normalized spacial score (nSPS) is 9.62. The predicted octanol–water partition coefficient (Wildman–Crippen LogP) is 1.73. The molecule has 2 rings (SSSR count). The highest BCUT2D eigenvalue weighted by Crippen LogP contribution is 2.14. The van der Waals surface area contributed by atoms with Crippen LogP contribution in [-0.2, 0) is 6.54 Å². The predicted molar refractivity (Wildman–Crippen MR) is 91.0 cm³/mol. The van der Waals surface area contributed by atoms with Gasteiger partial charge in [0.2, 0.25) is 0 Å². The lowest BCUT2D eigenvalue weighted by Gasteiger charge is -2.09. The summed E-state index contributed by atoms with van der Waals surface area (Å²) in [6, 6.07) is 16.2. The number of hydrogen-bond donors (Lipinski definition) is 3. The van der Waals surface area contributed by atoms with Crippen molar-refractivity contribution in [1.29, 1.82) is 10.5 Å². The molecule has 0 unspecified atom stereocenters. The van der Waals surface area contributed by atoms with E-state index in [1.807, 2.05) is 12.1 Å². The summed E-state index contributed by atoms with van der Waals surface area (Å²) in [5.74, 6) is -0.160. The van der Waals surface area contributed by atoms with Gasteiger partial charge in [0, 0.05) is 30.9 Å². The highest BCUT2D eigenvalue weighted by molar-refractivity contribution is 5.94. The molecule has 0 radical (unpaired) electrons. The van der Waals surface area contributed by atoms with E-state index < -0.39 is 0 Å². The van der Waals surface area contributed by atoms with Gasteiger partial charge in [0.25, 0.3) is 5.91 Å². The summed E-state index contributed by atoms with van der Waals surface area (Å²) in [7, 11) is 0. The molecule has 0 saturated carbocycles. The van der Waals surface area contributed by atoms with Crippen LogP contribution in [0.15, 0.2) is 42.5 Å². The van der Waals surface area contributed by atoms with Crippen molar-refractivity contribution in [2.45, 2.75) is 6.54 Å². The molecule has 120 valence electrons.